The molecule has 2 N–H and O–H groups in total. The van der Waals surface area contributed by atoms with Crippen LogP contribution in [0.15, 0.2) is 128 Å². The minimum atomic E-state index is 0.350. The molecular formula is C44H40N6O5. The summed E-state index contributed by atoms with van der Waals surface area (Å²) in [6, 6.07) is 30.0. The zero-order chi connectivity index (χ0) is 37.2. The summed E-state index contributed by atoms with van der Waals surface area (Å²) in [4.78, 5) is 19.4. The molecule has 0 amide bonds. The molecule has 4 aromatic carbocycles. The Hall–Kier alpha value is -6.40. The second kappa shape index (κ2) is 17.2. The monoisotopic (exact) mass is 732 g/mol. The third-order valence-corrected chi connectivity index (χ3v) is 8.99. The molecule has 0 spiro atoms. The van der Waals surface area contributed by atoms with Crippen molar-refractivity contribution < 1.29 is 23.7 Å². The second-order valence-electron chi connectivity index (χ2n) is 12.9. The van der Waals surface area contributed by atoms with E-state index in [4.69, 9.17) is 38.6 Å². The minimum Gasteiger partial charge on any atom is -0.496 e. The maximum atomic E-state index is 6.11. The normalized spacial score (nSPS) is 15.7. The van der Waals surface area contributed by atoms with Crippen molar-refractivity contribution in [1.29, 1.82) is 0 Å². The third-order valence-electron chi connectivity index (χ3n) is 8.99. The molecule has 0 atom stereocenters. The molecule has 2 aliphatic rings. The van der Waals surface area contributed by atoms with Crippen molar-refractivity contribution in [3.63, 3.8) is 0 Å². The van der Waals surface area contributed by atoms with Crippen molar-refractivity contribution >= 4 is 23.3 Å². The molecule has 11 nitrogen and oxygen atoms in total. The van der Waals surface area contributed by atoms with Gasteiger partial charge in [0, 0.05) is 46.0 Å². The van der Waals surface area contributed by atoms with Gasteiger partial charge in [0.05, 0.1) is 58.1 Å². The van der Waals surface area contributed by atoms with Gasteiger partial charge in [-0.05, 0) is 89.5 Å². The van der Waals surface area contributed by atoms with E-state index in [-0.39, 0.29) is 0 Å². The van der Waals surface area contributed by atoms with E-state index in [0.717, 1.165) is 73.2 Å². The lowest BCUT2D eigenvalue weighted by atomic mass is 9.97. The van der Waals surface area contributed by atoms with Gasteiger partial charge in [0.15, 0.2) is 0 Å². The van der Waals surface area contributed by atoms with Crippen molar-refractivity contribution in [1.82, 2.24) is 19.9 Å². The van der Waals surface area contributed by atoms with Gasteiger partial charge < -0.3 is 34.3 Å². The molecular weight excluding hydrogens is 693 g/mol. The second-order valence-corrected chi connectivity index (χ2v) is 12.9. The standard InChI is InChI=1S/C44H40N6O5/c1-51-41-13-12-33-23-35(41)29-54-18-3-2-16-52-27-30-8-6-10-36(21-30)47-44-46-26-39(42(33)50-44)34-20-31-22-37(24-34)48-43-45-15-14-40(49-43)32-9-7-11-38(25-32)55-19-5-4-17-53-28-31/h2-15,20-26H,16-19,27-29H2,1H3,(H,45,48,49)(H,46,47,50)/b3-2+,5-4-. The Kier molecular flexibility index (Phi) is 11.1. The minimum absolute atomic E-state index is 0.350. The van der Waals surface area contributed by atoms with E-state index in [1.54, 1.807) is 13.3 Å². The zero-order valence-corrected chi connectivity index (χ0v) is 30.4. The van der Waals surface area contributed by atoms with E-state index in [1.165, 1.54) is 0 Å². The predicted molar refractivity (Wildman–Crippen MR) is 213 cm³/mol. The lowest BCUT2D eigenvalue weighted by Crippen LogP contribution is -2.04. The van der Waals surface area contributed by atoms with Crippen LogP contribution < -0.4 is 20.1 Å². The van der Waals surface area contributed by atoms with E-state index in [9.17, 15) is 0 Å². The molecule has 55 heavy (non-hydrogen) atoms. The van der Waals surface area contributed by atoms with Crippen molar-refractivity contribution in [2.45, 2.75) is 19.8 Å². The zero-order valence-electron chi connectivity index (χ0n) is 30.4. The van der Waals surface area contributed by atoms with Crippen LogP contribution in [-0.4, -0.2) is 53.5 Å². The number of hydrogen-bond donors (Lipinski definition) is 2. The van der Waals surface area contributed by atoms with Gasteiger partial charge in [-0.3, -0.25) is 0 Å². The van der Waals surface area contributed by atoms with Gasteiger partial charge in [0.2, 0.25) is 11.9 Å². The van der Waals surface area contributed by atoms with E-state index < -0.39 is 0 Å². The fourth-order valence-electron chi connectivity index (χ4n) is 6.38. The van der Waals surface area contributed by atoms with Crippen molar-refractivity contribution in [3.05, 3.63) is 144 Å². The average Bonchev–Trinajstić information content (AvgIpc) is 3.21. The molecule has 2 aliphatic heterocycles. The molecule has 0 fully saturated rings. The Labute approximate surface area is 319 Å². The molecule has 0 aliphatic carbocycles. The third kappa shape index (κ3) is 9.05. The summed E-state index contributed by atoms with van der Waals surface area (Å²) in [5, 5.41) is 6.86. The number of rotatable bonds is 2. The smallest absolute Gasteiger partial charge is 0.227 e. The molecule has 0 radical (unpaired) electrons. The van der Waals surface area contributed by atoms with Gasteiger partial charge in [0.25, 0.3) is 0 Å². The van der Waals surface area contributed by atoms with Gasteiger partial charge in [0.1, 0.15) is 18.1 Å². The number of ether oxygens (including phenoxy) is 5. The molecule has 12 bridgehead atoms. The van der Waals surface area contributed by atoms with Crippen LogP contribution in [-0.2, 0) is 34.0 Å². The SMILES string of the molecule is COc1ccc2cc1COC/C=C/COCc1cccc(c1)Nc1ncc(-c3cc4cc(c3)Nc3nccc(n3)-c3cccc(c3)OC/C=C\COC4)c-2n1. The van der Waals surface area contributed by atoms with Crippen LogP contribution in [0.5, 0.6) is 11.5 Å². The first-order valence-corrected chi connectivity index (χ1v) is 18.1. The first-order chi connectivity index (χ1) is 27.2. The molecule has 276 valence electrons. The van der Waals surface area contributed by atoms with Crippen LogP contribution in [0.25, 0.3) is 33.6 Å². The van der Waals surface area contributed by atoms with Crippen molar-refractivity contribution in [2.75, 3.05) is 44.2 Å². The van der Waals surface area contributed by atoms with E-state index >= 15 is 0 Å². The molecule has 0 unspecified atom stereocenters. The molecule has 0 saturated carbocycles. The van der Waals surface area contributed by atoms with E-state index in [0.29, 0.717) is 58.1 Å². The highest BCUT2D eigenvalue weighted by Crippen LogP contribution is 2.36. The summed E-state index contributed by atoms with van der Waals surface area (Å²) in [6.07, 6.45) is 11.5. The average molecular weight is 733 g/mol. The maximum absolute atomic E-state index is 6.11. The number of nitrogens with one attached hydrogen (secondary N) is 2. The number of benzene rings is 4. The largest absolute Gasteiger partial charge is 0.496 e. The molecule has 8 rings (SSSR count). The molecule has 2 aromatic heterocycles. The maximum Gasteiger partial charge on any atom is 0.227 e. The molecule has 6 aromatic rings. The number of aromatic nitrogens is 4. The van der Waals surface area contributed by atoms with Gasteiger partial charge in [-0.25, -0.2) is 19.9 Å². The summed E-state index contributed by atoms with van der Waals surface area (Å²) in [6.45, 7) is 2.95. The number of methoxy groups -OCH3 is 1. The highest BCUT2D eigenvalue weighted by atomic mass is 16.5. The van der Waals surface area contributed by atoms with Crippen molar-refractivity contribution in [3.8, 4) is 45.1 Å². The highest BCUT2D eigenvalue weighted by molar-refractivity contribution is 5.84. The van der Waals surface area contributed by atoms with E-state index in [2.05, 4.69) is 33.8 Å². The Morgan fingerprint density at radius 1 is 0.600 bits per heavy atom. The van der Waals surface area contributed by atoms with E-state index in [1.807, 2.05) is 103 Å². The van der Waals surface area contributed by atoms with Crippen LogP contribution in [0.1, 0.15) is 16.7 Å². The Morgan fingerprint density at radius 2 is 1.36 bits per heavy atom. The predicted octanol–water partition coefficient (Wildman–Crippen LogP) is 8.83. The summed E-state index contributed by atoms with van der Waals surface area (Å²) in [5.41, 5.74) is 9.53. The van der Waals surface area contributed by atoms with Crippen LogP contribution in [0.3, 0.4) is 0 Å². The highest BCUT2D eigenvalue weighted by Gasteiger charge is 2.17. The number of hydrogen-bond acceptors (Lipinski definition) is 11. The number of nitrogens with zero attached hydrogens (tertiary/aromatic N) is 4. The van der Waals surface area contributed by atoms with Gasteiger partial charge in [-0.2, -0.15) is 0 Å². The number of anilines is 4. The quantitative estimate of drug-likeness (QED) is 0.166. The van der Waals surface area contributed by atoms with Gasteiger partial charge in [-0.15, -0.1) is 0 Å². The van der Waals surface area contributed by atoms with Gasteiger partial charge in [-0.1, -0.05) is 42.5 Å². The van der Waals surface area contributed by atoms with Crippen LogP contribution in [0.4, 0.5) is 23.3 Å². The lowest BCUT2D eigenvalue weighted by Gasteiger charge is -2.17. The molecule has 0 saturated heterocycles. The summed E-state index contributed by atoms with van der Waals surface area (Å²) in [7, 11) is 1.66. The summed E-state index contributed by atoms with van der Waals surface area (Å²) < 4.78 is 29.7. The molecule has 4 heterocycles. The Morgan fingerprint density at radius 3 is 2.24 bits per heavy atom. The Bertz CT molecular complexity index is 2350. The lowest BCUT2D eigenvalue weighted by molar-refractivity contribution is 0.139. The van der Waals surface area contributed by atoms with Crippen molar-refractivity contribution in [2.24, 2.45) is 0 Å². The fourth-order valence-corrected chi connectivity index (χ4v) is 6.38. The summed E-state index contributed by atoms with van der Waals surface area (Å²) in [5.74, 6) is 2.39. The molecule has 11 heteroatoms. The first-order valence-electron chi connectivity index (χ1n) is 18.1. The van der Waals surface area contributed by atoms with Crippen LogP contribution >= 0.6 is 0 Å². The summed E-state index contributed by atoms with van der Waals surface area (Å²) >= 11 is 0. The first kappa shape index (κ1) is 35.6. The van der Waals surface area contributed by atoms with Crippen LogP contribution in [0, 0.1) is 0 Å². The topological polar surface area (TPSA) is 122 Å². The number of fused-ring (bicyclic) bond motifs is 14. The van der Waals surface area contributed by atoms with Gasteiger partial charge >= 0.3 is 0 Å². The fraction of sp³-hybridized carbons (Fsp3) is 0.182. The van der Waals surface area contributed by atoms with Crippen LogP contribution in [0.2, 0.25) is 0 Å². The Balaban J connectivity index is 1.22.